The Morgan fingerprint density at radius 2 is 1.83 bits per heavy atom. The molecular weight excluding hydrogens is 383 g/mol. The van der Waals surface area contributed by atoms with Gasteiger partial charge in [0, 0.05) is 12.6 Å². The molecule has 0 unspecified atom stereocenters. The minimum atomic E-state index is -0.649. The largest absolute Gasteiger partial charge is 0.497 e. The molecule has 1 N–H and O–H groups in total. The summed E-state index contributed by atoms with van der Waals surface area (Å²) in [6.07, 6.45) is 1.14. The Morgan fingerprint density at radius 3 is 2.47 bits per heavy atom. The van der Waals surface area contributed by atoms with Gasteiger partial charge in [0.25, 0.3) is 0 Å². The number of nitrogens with zero attached hydrogens (tertiary/aromatic N) is 1. The molecule has 2 rings (SSSR count). The van der Waals surface area contributed by atoms with E-state index in [-0.39, 0.29) is 30.8 Å². The third-order valence-electron chi connectivity index (χ3n) is 5.17. The number of rotatable bonds is 10. The third-order valence-corrected chi connectivity index (χ3v) is 5.17. The summed E-state index contributed by atoms with van der Waals surface area (Å²) in [5, 5.41) is 2.97. The molecule has 30 heavy (non-hydrogen) atoms. The Balaban J connectivity index is 2.33. The zero-order valence-electron chi connectivity index (χ0n) is 18.2. The average Bonchev–Trinajstić information content (AvgIpc) is 2.75. The van der Waals surface area contributed by atoms with Crippen molar-refractivity contribution < 1.29 is 18.7 Å². The van der Waals surface area contributed by atoms with Crippen LogP contribution < -0.4 is 10.1 Å². The van der Waals surface area contributed by atoms with Crippen LogP contribution in [0, 0.1) is 5.82 Å². The second-order valence-corrected chi connectivity index (χ2v) is 7.38. The smallest absolute Gasteiger partial charge is 0.243 e. The number of nitrogens with one attached hydrogen (secondary N) is 1. The van der Waals surface area contributed by atoms with Crippen molar-refractivity contribution in [3.8, 4) is 5.75 Å². The fraction of sp³-hybridized carbons (Fsp3) is 0.417. The zero-order valence-corrected chi connectivity index (χ0v) is 18.2. The molecule has 0 aliphatic carbocycles. The number of ether oxygens (including phenoxy) is 1. The van der Waals surface area contributed by atoms with Crippen LogP contribution in [0.2, 0.25) is 0 Å². The molecule has 5 nitrogen and oxygen atoms in total. The van der Waals surface area contributed by atoms with Gasteiger partial charge in [-0.1, -0.05) is 44.2 Å². The van der Waals surface area contributed by atoms with E-state index in [1.165, 1.54) is 6.07 Å². The highest BCUT2D eigenvalue weighted by molar-refractivity contribution is 5.88. The van der Waals surface area contributed by atoms with Gasteiger partial charge in [-0.2, -0.15) is 0 Å². The summed E-state index contributed by atoms with van der Waals surface area (Å²) in [6, 6.07) is 13.0. The average molecular weight is 415 g/mol. The summed E-state index contributed by atoms with van der Waals surface area (Å²) in [5.74, 6) is -0.249. The number of benzene rings is 2. The molecule has 6 heteroatoms. The summed E-state index contributed by atoms with van der Waals surface area (Å²) in [4.78, 5) is 27.7. The Kier molecular flexibility index (Phi) is 8.84. The maximum Gasteiger partial charge on any atom is 0.243 e. The summed E-state index contributed by atoms with van der Waals surface area (Å²) in [5.41, 5.74) is 1.15. The lowest BCUT2D eigenvalue weighted by Crippen LogP contribution is -2.51. The van der Waals surface area contributed by atoms with E-state index >= 15 is 0 Å². The SMILES string of the molecule is CC[C@@H](C)NC(=O)[C@@H](CC)N(Cc1cccc(OC)c1)C(=O)Cc1ccccc1F. The van der Waals surface area contributed by atoms with Gasteiger partial charge in [0.15, 0.2) is 0 Å². The van der Waals surface area contributed by atoms with Crippen LogP contribution in [0.15, 0.2) is 48.5 Å². The Labute approximate surface area is 178 Å². The Morgan fingerprint density at radius 1 is 1.10 bits per heavy atom. The standard InChI is InChI=1S/C24H31FN2O3/c1-5-17(3)26-24(29)22(6-2)27(16-18-10-9-12-20(14-18)30-4)23(28)15-19-11-7-8-13-21(19)25/h7-14,17,22H,5-6,15-16H2,1-4H3,(H,26,29)/t17-,22-/m1/s1. The van der Waals surface area contributed by atoms with Crippen LogP contribution in [0.3, 0.4) is 0 Å². The first-order valence-electron chi connectivity index (χ1n) is 10.4. The van der Waals surface area contributed by atoms with Crippen molar-refractivity contribution in [2.45, 2.75) is 58.7 Å². The fourth-order valence-electron chi connectivity index (χ4n) is 3.23. The quantitative estimate of drug-likeness (QED) is 0.637. The van der Waals surface area contributed by atoms with Crippen molar-refractivity contribution in [3.63, 3.8) is 0 Å². The van der Waals surface area contributed by atoms with Crippen molar-refractivity contribution in [1.82, 2.24) is 10.2 Å². The first-order valence-corrected chi connectivity index (χ1v) is 10.4. The van der Waals surface area contributed by atoms with E-state index in [0.717, 1.165) is 12.0 Å². The van der Waals surface area contributed by atoms with Crippen LogP contribution in [-0.4, -0.2) is 35.9 Å². The molecule has 0 saturated heterocycles. The molecule has 162 valence electrons. The van der Waals surface area contributed by atoms with Gasteiger partial charge in [0.1, 0.15) is 17.6 Å². The monoisotopic (exact) mass is 414 g/mol. The van der Waals surface area contributed by atoms with Crippen LogP contribution in [0.5, 0.6) is 5.75 Å². The molecule has 0 heterocycles. The predicted molar refractivity (Wildman–Crippen MR) is 116 cm³/mol. The number of hydrogen-bond acceptors (Lipinski definition) is 3. The first-order chi connectivity index (χ1) is 14.4. The number of carbonyl (C=O) groups is 2. The summed E-state index contributed by atoms with van der Waals surface area (Å²) < 4.78 is 19.4. The van der Waals surface area contributed by atoms with E-state index in [1.54, 1.807) is 30.2 Å². The van der Waals surface area contributed by atoms with E-state index in [0.29, 0.717) is 17.7 Å². The highest BCUT2D eigenvalue weighted by atomic mass is 19.1. The number of halogens is 1. The highest BCUT2D eigenvalue weighted by Crippen LogP contribution is 2.19. The molecule has 0 saturated carbocycles. The Hall–Kier alpha value is -2.89. The van der Waals surface area contributed by atoms with Gasteiger partial charge in [-0.05, 0) is 49.1 Å². The van der Waals surface area contributed by atoms with Crippen molar-refractivity contribution in [2.75, 3.05) is 7.11 Å². The molecule has 0 aromatic heterocycles. The Bertz CT molecular complexity index is 856. The molecule has 2 amide bonds. The maximum absolute atomic E-state index is 14.1. The van der Waals surface area contributed by atoms with Crippen LogP contribution >= 0.6 is 0 Å². The highest BCUT2D eigenvalue weighted by Gasteiger charge is 2.29. The van der Waals surface area contributed by atoms with Crippen LogP contribution in [0.1, 0.15) is 44.7 Å². The molecule has 0 aliphatic rings. The van der Waals surface area contributed by atoms with Crippen molar-refractivity contribution in [3.05, 3.63) is 65.5 Å². The number of amides is 2. The predicted octanol–water partition coefficient (Wildman–Crippen LogP) is 4.10. The maximum atomic E-state index is 14.1. The molecule has 2 aromatic carbocycles. The minimum absolute atomic E-state index is 0.00638. The summed E-state index contributed by atoms with van der Waals surface area (Å²) in [7, 11) is 1.58. The fourth-order valence-corrected chi connectivity index (χ4v) is 3.23. The molecule has 0 radical (unpaired) electrons. The lowest BCUT2D eigenvalue weighted by molar-refractivity contribution is -0.141. The van der Waals surface area contributed by atoms with Gasteiger partial charge in [-0.25, -0.2) is 4.39 Å². The topological polar surface area (TPSA) is 58.6 Å². The van der Waals surface area contributed by atoms with Crippen molar-refractivity contribution in [1.29, 1.82) is 0 Å². The van der Waals surface area contributed by atoms with E-state index in [1.807, 2.05) is 45.0 Å². The minimum Gasteiger partial charge on any atom is -0.497 e. The van der Waals surface area contributed by atoms with E-state index in [9.17, 15) is 14.0 Å². The normalized spacial score (nSPS) is 12.7. The van der Waals surface area contributed by atoms with E-state index in [2.05, 4.69) is 5.32 Å². The molecule has 2 aromatic rings. The molecule has 0 spiro atoms. The zero-order chi connectivity index (χ0) is 22.1. The first kappa shape index (κ1) is 23.4. The van der Waals surface area contributed by atoms with Gasteiger partial charge in [0.2, 0.25) is 11.8 Å². The lowest BCUT2D eigenvalue weighted by atomic mass is 10.1. The molecule has 2 atom stereocenters. The van der Waals surface area contributed by atoms with Gasteiger partial charge in [-0.3, -0.25) is 9.59 Å². The van der Waals surface area contributed by atoms with Crippen LogP contribution in [-0.2, 0) is 22.6 Å². The van der Waals surface area contributed by atoms with Gasteiger partial charge in [0.05, 0.1) is 13.5 Å². The van der Waals surface area contributed by atoms with E-state index in [4.69, 9.17) is 4.74 Å². The molecule has 0 fully saturated rings. The molecular formula is C24H31FN2O3. The van der Waals surface area contributed by atoms with Gasteiger partial charge >= 0.3 is 0 Å². The van der Waals surface area contributed by atoms with Crippen LogP contribution in [0.4, 0.5) is 4.39 Å². The van der Waals surface area contributed by atoms with E-state index < -0.39 is 11.9 Å². The summed E-state index contributed by atoms with van der Waals surface area (Å²) >= 11 is 0. The molecule has 0 bridgehead atoms. The van der Waals surface area contributed by atoms with Crippen LogP contribution in [0.25, 0.3) is 0 Å². The van der Waals surface area contributed by atoms with Crippen molar-refractivity contribution >= 4 is 11.8 Å². The third kappa shape index (κ3) is 6.31. The number of carbonyl (C=O) groups excluding carboxylic acids is 2. The lowest BCUT2D eigenvalue weighted by Gasteiger charge is -2.31. The second kappa shape index (κ2) is 11.3. The number of methoxy groups -OCH3 is 1. The molecule has 0 aliphatic heterocycles. The second-order valence-electron chi connectivity index (χ2n) is 7.38. The van der Waals surface area contributed by atoms with Crippen molar-refractivity contribution in [2.24, 2.45) is 0 Å². The van der Waals surface area contributed by atoms with Gasteiger partial charge in [-0.15, -0.1) is 0 Å². The summed E-state index contributed by atoms with van der Waals surface area (Å²) in [6.45, 7) is 6.02. The number of hydrogen-bond donors (Lipinski definition) is 1. The van der Waals surface area contributed by atoms with Gasteiger partial charge < -0.3 is 15.0 Å².